The highest BCUT2D eigenvalue weighted by atomic mass is 35.5. The van der Waals surface area contributed by atoms with E-state index in [2.05, 4.69) is 6.58 Å². The zero-order valence-corrected chi connectivity index (χ0v) is 11.3. The maximum absolute atomic E-state index is 11.7. The Morgan fingerprint density at radius 1 is 1.33 bits per heavy atom. The summed E-state index contributed by atoms with van der Waals surface area (Å²) in [7, 11) is -3.29. The van der Waals surface area contributed by atoms with Gasteiger partial charge in [0.2, 0.25) is 5.91 Å². The lowest BCUT2D eigenvalue weighted by Gasteiger charge is -2.09. The van der Waals surface area contributed by atoms with Crippen LogP contribution in [-0.4, -0.2) is 26.0 Å². The van der Waals surface area contributed by atoms with Crippen molar-refractivity contribution in [2.24, 2.45) is 5.73 Å². The van der Waals surface area contributed by atoms with E-state index in [1.165, 1.54) is 0 Å². The number of rotatable bonds is 6. The van der Waals surface area contributed by atoms with E-state index in [9.17, 15) is 13.2 Å². The summed E-state index contributed by atoms with van der Waals surface area (Å²) in [6.07, 6.45) is 0. The average molecular weight is 288 g/mol. The van der Waals surface area contributed by atoms with Crippen LogP contribution in [0.5, 0.6) is 0 Å². The molecule has 98 valence electrons. The highest BCUT2D eigenvalue weighted by molar-refractivity contribution is 7.90. The number of benzene rings is 1. The normalized spacial score (nSPS) is 11.2. The molecule has 1 amide bonds. The molecule has 0 aliphatic rings. The summed E-state index contributed by atoms with van der Waals surface area (Å²) in [5.74, 6) is -0.910. The lowest BCUT2D eigenvalue weighted by atomic mass is 10.0. The topological polar surface area (TPSA) is 77.2 Å². The van der Waals surface area contributed by atoms with Crippen molar-refractivity contribution < 1.29 is 13.2 Å². The number of nitrogens with two attached hydrogens (primary N) is 1. The lowest BCUT2D eigenvalue weighted by Crippen LogP contribution is -2.15. The molecular weight excluding hydrogens is 274 g/mol. The van der Waals surface area contributed by atoms with Crippen LogP contribution in [0.15, 0.2) is 30.8 Å². The van der Waals surface area contributed by atoms with Crippen LogP contribution in [0, 0.1) is 0 Å². The van der Waals surface area contributed by atoms with Gasteiger partial charge >= 0.3 is 0 Å². The van der Waals surface area contributed by atoms with Crippen LogP contribution in [0.25, 0.3) is 5.57 Å². The standard InChI is InChI=1S/C12H14ClNO3S/c1-9(12(14)15)11-5-3-2-4-10(11)8-18(16,17)7-6-13/h2-5H,1,6-8H2,(H2,14,15). The first-order valence-electron chi connectivity index (χ1n) is 5.21. The SMILES string of the molecule is C=C(C(N)=O)c1ccccc1CS(=O)(=O)CCCl. The minimum absolute atomic E-state index is 0.0429. The summed E-state index contributed by atoms with van der Waals surface area (Å²) in [6, 6.07) is 6.65. The molecule has 0 spiro atoms. The predicted octanol–water partition coefficient (Wildman–Crippen LogP) is 1.34. The van der Waals surface area contributed by atoms with Gasteiger partial charge in [0, 0.05) is 11.5 Å². The minimum atomic E-state index is -3.29. The van der Waals surface area contributed by atoms with Crippen molar-refractivity contribution in [2.45, 2.75) is 5.75 Å². The quantitative estimate of drug-likeness (QED) is 0.633. The van der Waals surface area contributed by atoms with Crippen molar-refractivity contribution in [3.63, 3.8) is 0 Å². The van der Waals surface area contributed by atoms with Crippen molar-refractivity contribution in [2.75, 3.05) is 11.6 Å². The fourth-order valence-corrected chi connectivity index (χ4v) is 3.31. The molecule has 0 atom stereocenters. The maximum Gasteiger partial charge on any atom is 0.248 e. The van der Waals surface area contributed by atoms with Gasteiger partial charge in [0.15, 0.2) is 9.84 Å². The summed E-state index contributed by atoms with van der Waals surface area (Å²) < 4.78 is 23.4. The van der Waals surface area contributed by atoms with Crippen LogP contribution >= 0.6 is 11.6 Å². The van der Waals surface area contributed by atoms with Crippen LogP contribution in [0.3, 0.4) is 0 Å². The number of hydrogen-bond acceptors (Lipinski definition) is 3. The van der Waals surface area contributed by atoms with Crippen molar-refractivity contribution in [3.05, 3.63) is 42.0 Å². The molecule has 0 heterocycles. The molecule has 2 N–H and O–H groups in total. The van der Waals surface area contributed by atoms with E-state index in [1.54, 1.807) is 24.3 Å². The maximum atomic E-state index is 11.7. The fourth-order valence-electron chi connectivity index (χ4n) is 1.50. The Kier molecular flexibility index (Phi) is 4.93. The first-order chi connectivity index (χ1) is 8.37. The Labute approximate surface area is 111 Å². The van der Waals surface area contributed by atoms with Crippen molar-refractivity contribution in [1.29, 1.82) is 0 Å². The molecule has 6 heteroatoms. The van der Waals surface area contributed by atoms with Crippen LogP contribution in [0.1, 0.15) is 11.1 Å². The summed E-state index contributed by atoms with van der Waals surface area (Å²) in [4.78, 5) is 11.1. The van der Waals surface area contributed by atoms with E-state index >= 15 is 0 Å². The number of hydrogen-bond donors (Lipinski definition) is 1. The van der Waals surface area contributed by atoms with Gasteiger partial charge in [-0.05, 0) is 11.1 Å². The van der Waals surface area contributed by atoms with Gasteiger partial charge in [0.1, 0.15) is 0 Å². The fraction of sp³-hybridized carbons (Fsp3) is 0.250. The molecule has 0 bridgehead atoms. The van der Waals surface area contributed by atoms with Crippen molar-refractivity contribution in [1.82, 2.24) is 0 Å². The Morgan fingerprint density at radius 3 is 2.50 bits per heavy atom. The second-order valence-electron chi connectivity index (χ2n) is 3.78. The second kappa shape index (κ2) is 6.02. The van der Waals surface area contributed by atoms with E-state index in [4.69, 9.17) is 17.3 Å². The molecule has 1 rings (SSSR count). The van der Waals surface area contributed by atoms with Crippen LogP contribution < -0.4 is 5.73 Å². The monoisotopic (exact) mass is 287 g/mol. The number of halogens is 1. The van der Waals surface area contributed by atoms with Gasteiger partial charge in [-0.2, -0.15) is 0 Å². The third-order valence-corrected chi connectivity index (χ3v) is 4.39. The van der Waals surface area contributed by atoms with Gasteiger partial charge in [-0.1, -0.05) is 30.8 Å². The first-order valence-corrected chi connectivity index (χ1v) is 7.56. The highest BCUT2D eigenvalue weighted by Gasteiger charge is 2.16. The highest BCUT2D eigenvalue weighted by Crippen LogP contribution is 2.20. The average Bonchev–Trinajstić information content (AvgIpc) is 2.28. The molecule has 1 aromatic rings. The molecule has 0 radical (unpaired) electrons. The lowest BCUT2D eigenvalue weighted by molar-refractivity contribution is -0.112. The molecule has 0 aliphatic carbocycles. The number of carbonyl (C=O) groups excluding carboxylic acids is 1. The Hall–Kier alpha value is -1.33. The molecule has 4 nitrogen and oxygen atoms in total. The zero-order valence-electron chi connectivity index (χ0n) is 9.73. The molecule has 0 unspecified atom stereocenters. The van der Waals surface area contributed by atoms with Crippen LogP contribution in [0.4, 0.5) is 0 Å². The van der Waals surface area contributed by atoms with Gasteiger partial charge in [-0.25, -0.2) is 8.42 Å². The molecule has 0 fully saturated rings. The van der Waals surface area contributed by atoms with E-state index in [-0.39, 0.29) is 23.0 Å². The number of carbonyl (C=O) groups is 1. The summed E-state index contributed by atoms with van der Waals surface area (Å²) in [6.45, 7) is 3.57. The number of amides is 1. The first kappa shape index (κ1) is 14.7. The smallest absolute Gasteiger partial charge is 0.248 e. The van der Waals surface area contributed by atoms with Gasteiger partial charge < -0.3 is 5.73 Å². The van der Waals surface area contributed by atoms with Gasteiger partial charge in [-0.3, -0.25) is 4.79 Å². The van der Waals surface area contributed by atoms with E-state index in [0.29, 0.717) is 11.1 Å². The predicted molar refractivity (Wildman–Crippen MR) is 72.9 cm³/mol. The van der Waals surface area contributed by atoms with Gasteiger partial charge in [-0.15, -0.1) is 11.6 Å². The Bertz CT molecular complexity index is 566. The summed E-state index contributed by atoms with van der Waals surface area (Å²) >= 11 is 5.43. The van der Waals surface area contributed by atoms with E-state index < -0.39 is 15.7 Å². The molecular formula is C12H14ClNO3S. The van der Waals surface area contributed by atoms with E-state index in [1.807, 2.05) is 0 Å². The molecule has 0 aliphatic heterocycles. The largest absolute Gasteiger partial charge is 0.366 e. The third kappa shape index (κ3) is 3.85. The van der Waals surface area contributed by atoms with Crippen LogP contribution in [-0.2, 0) is 20.4 Å². The molecule has 18 heavy (non-hydrogen) atoms. The van der Waals surface area contributed by atoms with Gasteiger partial charge in [0.25, 0.3) is 0 Å². The third-order valence-electron chi connectivity index (χ3n) is 2.40. The van der Waals surface area contributed by atoms with Crippen molar-refractivity contribution >= 4 is 32.9 Å². The zero-order chi connectivity index (χ0) is 13.8. The summed E-state index contributed by atoms with van der Waals surface area (Å²) in [5.41, 5.74) is 6.22. The Balaban J connectivity index is 3.11. The van der Waals surface area contributed by atoms with Gasteiger partial charge in [0.05, 0.1) is 11.5 Å². The van der Waals surface area contributed by atoms with Crippen LogP contribution in [0.2, 0.25) is 0 Å². The Morgan fingerprint density at radius 2 is 1.94 bits per heavy atom. The number of sulfone groups is 1. The minimum Gasteiger partial charge on any atom is -0.366 e. The summed E-state index contributed by atoms with van der Waals surface area (Å²) in [5, 5.41) is 0. The molecule has 0 saturated heterocycles. The van der Waals surface area contributed by atoms with Crippen molar-refractivity contribution in [3.8, 4) is 0 Å². The molecule has 0 aromatic heterocycles. The number of primary amides is 1. The molecule has 1 aromatic carbocycles. The number of alkyl halides is 1. The second-order valence-corrected chi connectivity index (χ2v) is 6.34. The molecule has 0 saturated carbocycles. The van der Waals surface area contributed by atoms with E-state index in [0.717, 1.165) is 0 Å².